The summed E-state index contributed by atoms with van der Waals surface area (Å²) in [7, 11) is -2.72. The molecule has 1 aliphatic rings. The third kappa shape index (κ3) is 4.85. The molecule has 1 heterocycles. The normalized spacial score (nSPS) is 15.5. The van der Waals surface area contributed by atoms with Crippen molar-refractivity contribution in [2.45, 2.75) is 24.3 Å². The van der Waals surface area contributed by atoms with Gasteiger partial charge < -0.3 is 9.47 Å². The summed E-state index contributed by atoms with van der Waals surface area (Å²) in [5.41, 5.74) is 0.644. The van der Waals surface area contributed by atoms with Crippen molar-refractivity contribution >= 4 is 22.0 Å². The summed E-state index contributed by atoms with van der Waals surface area (Å²) in [5.74, 6) is -1.93. The van der Waals surface area contributed by atoms with Crippen LogP contribution in [-0.2, 0) is 30.9 Å². The van der Waals surface area contributed by atoms with Crippen molar-refractivity contribution in [2.24, 2.45) is 5.92 Å². The van der Waals surface area contributed by atoms with Crippen LogP contribution >= 0.6 is 0 Å². The van der Waals surface area contributed by atoms with Crippen molar-refractivity contribution in [3.05, 3.63) is 65.5 Å². The lowest BCUT2D eigenvalue weighted by Crippen LogP contribution is -2.41. The molecule has 2 aromatic rings. The number of piperidine rings is 1. The Bertz CT molecular complexity index is 1010. The van der Waals surface area contributed by atoms with Crippen molar-refractivity contribution in [2.75, 3.05) is 20.2 Å². The van der Waals surface area contributed by atoms with E-state index in [2.05, 4.69) is 4.74 Å². The Morgan fingerprint density at radius 3 is 2.33 bits per heavy atom. The van der Waals surface area contributed by atoms with Gasteiger partial charge in [-0.05, 0) is 42.7 Å². The number of hydrogen-bond donors (Lipinski definition) is 0. The Labute approximate surface area is 174 Å². The van der Waals surface area contributed by atoms with Crippen LogP contribution in [0.3, 0.4) is 0 Å². The molecule has 0 spiro atoms. The van der Waals surface area contributed by atoms with Crippen LogP contribution in [0.1, 0.15) is 28.8 Å². The zero-order valence-electron chi connectivity index (χ0n) is 16.4. The summed E-state index contributed by atoms with van der Waals surface area (Å²) in [6.07, 6.45) is 0.615. The maximum atomic E-state index is 13.0. The summed E-state index contributed by atoms with van der Waals surface area (Å²) in [5, 5.41) is 0. The minimum absolute atomic E-state index is 0.0270. The molecule has 1 aliphatic heterocycles. The lowest BCUT2D eigenvalue weighted by atomic mass is 9.98. The van der Waals surface area contributed by atoms with Crippen LogP contribution < -0.4 is 0 Å². The van der Waals surface area contributed by atoms with Crippen molar-refractivity contribution in [1.82, 2.24) is 4.31 Å². The molecule has 2 aromatic carbocycles. The molecule has 0 unspecified atom stereocenters. The Hall–Kier alpha value is -2.78. The zero-order chi connectivity index (χ0) is 21.7. The van der Waals surface area contributed by atoms with Gasteiger partial charge in [-0.15, -0.1) is 0 Å². The average Bonchev–Trinajstić information content (AvgIpc) is 2.78. The van der Waals surface area contributed by atoms with Crippen LogP contribution in [0.2, 0.25) is 0 Å². The maximum absolute atomic E-state index is 13.0. The highest BCUT2D eigenvalue weighted by Crippen LogP contribution is 2.27. The Kier molecular flexibility index (Phi) is 6.84. The molecular weight excluding hydrogens is 413 g/mol. The van der Waals surface area contributed by atoms with E-state index in [0.29, 0.717) is 18.4 Å². The smallest absolute Gasteiger partial charge is 0.339 e. The van der Waals surface area contributed by atoms with Crippen LogP contribution in [-0.4, -0.2) is 44.9 Å². The van der Waals surface area contributed by atoms with Gasteiger partial charge in [-0.2, -0.15) is 4.31 Å². The van der Waals surface area contributed by atoms with Crippen molar-refractivity contribution in [3.8, 4) is 0 Å². The van der Waals surface area contributed by atoms with Gasteiger partial charge in [0.1, 0.15) is 12.4 Å². The van der Waals surface area contributed by atoms with Gasteiger partial charge >= 0.3 is 11.9 Å². The van der Waals surface area contributed by atoms with Crippen LogP contribution in [0, 0.1) is 11.7 Å². The van der Waals surface area contributed by atoms with E-state index in [4.69, 9.17) is 4.74 Å². The molecule has 1 saturated heterocycles. The molecule has 0 atom stereocenters. The fourth-order valence-corrected chi connectivity index (χ4v) is 4.94. The fraction of sp³-hybridized carbons (Fsp3) is 0.333. The van der Waals surface area contributed by atoms with Gasteiger partial charge in [-0.25, -0.2) is 17.6 Å². The molecule has 3 rings (SSSR count). The number of ether oxygens (including phenoxy) is 2. The van der Waals surface area contributed by atoms with Crippen LogP contribution in [0.5, 0.6) is 0 Å². The minimum Gasteiger partial charge on any atom is -0.465 e. The van der Waals surface area contributed by atoms with Crippen molar-refractivity contribution in [1.29, 1.82) is 0 Å². The summed E-state index contributed by atoms with van der Waals surface area (Å²) >= 11 is 0. The molecule has 7 nitrogen and oxygen atoms in total. The second-order valence-electron chi connectivity index (χ2n) is 6.90. The molecule has 0 aliphatic carbocycles. The zero-order valence-corrected chi connectivity index (χ0v) is 17.2. The number of rotatable bonds is 6. The quantitative estimate of drug-likeness (QED) is 0.648. The molecule has 1 fully saturated rings. The van der Waals surface area contributed by atoms with Crippen LogP contribution in [0.15, 0.2) is 53.4 Å². The first-order valence-electron chi connectivity index (χ1n) is 9.41. The van der Waals surface area contributed by atoms with Crippen LogP contribution in [0.4, 0.5) is 4.39 Å². The maximum Gasteiger partial charge on any atom is 0.339 e. The molecule has 9 heteroatoms. The van der Waals surface area contributed by atoms with E-state index in [1.54, 1.807) is 12.1 Å². The average molecular weight is 435 g/mol. The van der Waals surface area contributed by atoms with E-state index >= 15 is 0 Å². The highest BCUT2D eigenvalue weighted by atomic mass is 32.2. The lowest BCUT2D eigenvalue weighted by molar-refractivity contribution is -0.151. The number of halogens is 1. The first-order chi connectivity index (χ1) is 14.3. The molecular formula is C21H22FNO6S. The molecule has 0 bridgehead atoms. The van der Waals surface area contributed by atoms with E-state index < -0.39 is 27.9 Å². The first-order valence-corrected chi connectivity index (χ1v) is 10.9. The van der Waals surface area contributed by atoms with Gasteiger partial charge in [-0.1, -0.05) is 24.3 Å². The van der Waals surface area contributed by atoms with E-state index in [-0.39, 0.29) is 36.0 Å². The van der Waals surface area contributed by atoms with E-state index in [1.807, 2.05) is 0 Å². The standard InChI is InChI=1S/C21H22FNO6S/c1-28-21(25)18-4-2-3-5-19(18)30(26,27)23-12-10-16(11-13-23)20(24)29-14-15-6-8-17(22)9-7-15/h2-9,16H,10-14H2,1H3. The predicted octanol–water partition coefficient (Wildman–Crippen LogP) is 2.76. The SMILES string of the molecule is COC(=O)c1ccccc1S(=O)(=O)N1CCC(C(=O)OCc2ccc(F)cc2)CC1. The minimum atomic E-state index is -3.91. The second kappa shape index (κ2) is 9.36. The molecule has 0 radical (unpaired) electrons. The van der Waals surface area contributed by atoms with Crippen molar-refractivity contribution < 1.29 is 31.9 Å². The van der Waals surface area contributed by atoms with E-state index in [1.165, 1.54) is 47.8 Å². The Morgan fingerprint density at radius 2 is 1.70 bits per heavy atom. The number of esters is 2. The number of methoxy groups -OCH3 is 1. The van der Waals surface area contributed by atoms with Gasteiger partial charge in [0.15, 0.2) is 0 Å². The summed E-state index contributed by atoms with van der Waals surface area (Å²) in [4.78, 5) is 24.1. The van der Waals surface area contributed by atoms with Gasteiger partial charge in [0.05, 0.1) is 23.5 Å². The van der Waals surface area contributed by atoms with Gasteiger partial charge in [0.2, 0.25) is 10.0 Å². The third-order valence-corrected chi connectivity index (χ3v) is 6.95. The number of carbonyl (C=O) groups is 2. The Morgan fingerprint density at radius 1 is 1.07 bits per heavy atom. The number of carbonyl (C=O) groups excluding carboxylic acids is 2. The molecule has 160 valence electrons. The van der Waals surface area contributed by atoms with Crippen molar-refractivity contribution in [3.63, 3.8) is 0 Å². The highest BCUT2D eigenvalue weighted by molar-refractivity contribution is 7.89. The topological polar surface area (TPSA) is 90.0 Å². The molecule has 0 aromatic heterocycles. The second-order valence-corrected chi connectivity index (χ2v) is 8.81. The third-order valence-electron chi connectivity index (χ3n) is 4.99. The lowest BCUT2D eigenvalue weighted by Gasteiger charge is -2.30. The number of sulfonamides is 1. The first kappa shape index (κ1) is 21.9. The molecule has 0 saturated carbocycles. The van der Waals surface area contributed by atoms with E-state index in [0.717, 1.165) is 0 Å². The highest BCUT2D eigenvalue weighted by Gasteiger charge is 2.34. The number of benzene rings is 2. The van der Waals surface area contributed by atoms with Crippen LogP contribution in [0.25, 0.3) is 0 Å². The molecule has 30 heavy (non-hydrogen) atoms. The Balaban J connectivity index is 1.61. The predicted molar refractivity (Wildman–Crippen MR) is 105 cm³/mol. The van der Waals surface area contributed by atoms with Gasteiger partial charge in [0.25, 0.3) is 0 Å². The summed E-state index contributed by atoms with van der Waals surface area (Å²) in [6, 6.07) is 11.5. The fourth-order valence-electron chi connectivity index (χ4n) is 3.29. The monoisotopic (exact) mass is 435 g/mol. The largest absolute Gasteiger partial charge is 0.465 e. The number of hydrogen-bond acceptors (Lipinski definition) is 6. The molecule has 0 amide bonds. The van der Waals surface area contributed by atoms with E-state index in [9.17, 15) is 22.4 Å². The summed E-state index contributed by atoms with van der Waals surface area (Å²) in [6.45, 7) is 0.298. The molecule has 0 N–H and O–H groups in total. The summed E-state index contributed by atoms with van der Waals surface area (Å²) < 4.78 is 50.2. The number of nitrogens with zero attached hydrogens (tertiary/aromatic N) is 1. The van der Waals surface area contributed by atoms with Gasteiger partial charge in [0, 0.05) is 13.1 Å². The van der Waals surface area contributed by atoms with Gasteiger partial charge in [-0.3, -0.25) is 4.79 Å².